The Bertz CT molecular complexity index is 1270. The van der Waals surface area contributed by atoms with Crippen LogP contribution >= 0.6 is 0 Å². The lowest BCUT2D eigenvalue weighted by atomic mass is 10.1. The van der Waals surface area contributed by atoms with Gasteiger partial charge in [-0.2, -0.15) is 5.10 Å². The van der Waals surface area contributed by atoms with Crippen molar-refractivity contribution in [3.8, 4) is 5.69 Å². The quantitative estimate of drug-likeness (QED) is 0.676. The fourth-order valence-corrected chi connectivity index (χ4v) is 5.58. The van der Waals surface area contributed by atoms with Crippen molar-refractivity contribution in [2.24, 2.45) is 5.92 Å². The van der Waals surface area contributed by atoms with Crippen LogP contribution in [0.4, 0.5) is 11.5 Å². The predicted molar refractivity (Wildman–Crippen MR) is 115 cm³/mol. The van der Waals surface area contributed by atoms with Gasteiger partial charge in [0.2, 0.25) is 11.8 Å². The second-order valence-electron chi connectivity index (χ2n) is 7.78. The molecule has 0 bridgehead atoms. The number of nitrogens with zero attached hydrogens (tertiary/aromatic N) is 3. The molecule has 31 heavy (non-hydrogen) atoms. The van der Waals surface area contributed by atoms with Crippen LogP contribution in [0.15, 0.2) is 60.7 Å². The number of carbonyl (C=O) groups excluding carboxylic acids is 2. The predicted octanol–water partition coefficient (Wildman–Crippen LogP) is 2.29. The minimum absolute atomic E-state index is 0.0979. The molecule has 9 heteroatoms. The molecule has 0 radical (unpaired) electrons. The summed E-state index contributed by atoms with van der Waals surface area (Å²) in [6.45, 7) is 0.272. The van der Waals surface area contributed by atoms with E-state index in [1.807, 2.05) is 60.7 Å². The van der Waals surface area contributed by atoms with Crippen molar-refractivity contribution < 1.29 is 18.0 Å². The van der Waals surface area contributed by atoms with Crippen LogP contribution in [0.3, 0.4) is 0 Å². The van der Waals surface area contributed by atoms with Crippen molar-refractivity contribution in [2.45, 2.75) is 17.9 Å². The second-order valence-corrected chi connectivity index (χ2v) is 9.85. The molecule has 0 spiro atoms. The molecule has 0 unspecified atom stereocenters. The van der Waals surface area contributed by atoms with E-state index < -0.39 is 15.8 Å². The summed E-state index contributed by atoms with van der Waals surface area (Å²) in [5, 5.41) is 7.34. The highest BCUT2D eigenvalue weighted by atomic mass is 32.2. The van der Waals surface area contributed by atoms with Crippen LogP contribution in [-0.4, -0.2) is 36.6 Å². The number of aromatic nitrogens is 2. The smallest absolute Gasteiger partial charge is 0.230 e. The molecule has 1 fully saturated rings. The Labute approximate surface area is 179 Å². The third-order valence-corrected chi connectivity index (χ3v) is 7.04. The van der Waals surface area contributed by atoms with E-state index in [9.17, 15) is 18.0 Å². The van der Waals surface area contributed by atoms with Gasteiger partial charge in [0.15, 0.2) is 9.84 Å². The molecule has 0 aliphatic carbocycles. The van der Waals surface area contributed by atoms with Crippen molar-refractivity contribution in [3.05, 3.63) is 71.9 Å². The van der Waals surface area contributed by atoms with Crippen LogP contribution in [0.1, 0.15) is 17.7 Å². The summed E-state index contributed by atoms with van der Waals surface area (Å²) in [4.78, 5) is 27.2. The first-order chi connectivity index (χ1) is 14.9. The van der Waals surface area contributed by atoms with E-state index in [1.165, 1.54) is 0 Å². The van der Waals surface area contributed by atoms with Gasteiger partial charge in [-0.1, -0.05) is 36.4 Å². The zero-order valence-electron chi connectivity index (χ0n) is 16.6. The van der Waals surface area contributed by atoms with E-state index in [0.29, 0.717) is 17.1 Å². The molecule has 1 N–H and O–H groups in total. The molecule has 1 atom stereocenters. The minimum Gasteiger partial charge on any atom is -0.312 e. The normalized spacial score (nSPS) is 19.4. The van der Waals surface area contributed by atoms with Crippen LogP contribution in [0.25, 0.3) is 5.69 Å². The van der Waals surface area contributed by atoms with Gasteiger partial charge in [-0.15, -0.1) is 0 Å². The number of anilines is 2. The number of benzene rings is 2. The van der Waals surface area contributed by atoms with Crippen LogP contribution in [0.5, 0.6) is 0 Å². The first kappa shape index (κ1) is 19.5. The van der Waals surface area contributed by atoms with Gasteiger partial charge in [-0.05, 0) is 24.3 Å². The lowest BCUT2D eigenvalue weighted by molar-refractivity contribution is -0.122. The molecular formula is C22H20N4O4S. The molecule has 2 aliphatic rings. The van der Waals surface area contributed by atoms with Crippen molar-refractivity contribution in [3.63, 3.8) is 0 Å². The van der Waals surface area contributed by atoms with Crippen LogP contribution in [0.2, 0.25) is 0 Å². The molecular weight excluding hydrogens is 416 g/mol. The first-order valence-corrected chi connectivity index (χ1v) is 11.8. The van der Waals surface area contributed by atoms with E-state index in [-0.39, 0.29) is 36.3 Å². The zero-order valence-corrected chi connectivity index (χ0v) is 17.4. The van der Waals surface area contributed by atoms with Gasteiger partial charge in [-0.25, -0.2) is 13.1 Å². The molecule has 1 aromatic heterocycles. The summed E-state index contributed by atoms with van der Waals surface area (Å²) in [6, 6.07) is 18.5. The maximum absolute atomic E-state index is 13.1. The topological polar surface area (TPSA) is 101 Å². The molecule has 2 aromatic carbocycles. The monoisotopic (exact) mass is 436 g/mol. The van der Waals surface area contributed by atoms with E-state index in [1.54, 1.807) is 9.58 Å². The van der Waals surface area contributed by atoms with Crippen LogP contribution < -0.4 is 10.2 Å². The Kier molecular flexibility index (Phi) is 4.62. The molecule has 2 aliphatic heterocycles. The fourth-order valence-electron chi connectivity index (χ4n) is 4.09. The number of hydrogen-bond acceptors (Lipinski definition) is 5. The Balaban J connectivity index is 1.44. The number of rotatable bonds is 4. The Morgan fingerprint density at radius 2 is 1.61 bits per heavy atom. The molecule has 8 nitrogen and oxygen atoms in total. The van der Waals surface area contributed by atoms with Gasteiger partial charge in [0.25, 0.3) is 0 Å². The molecule has 158 valence electrons. The molecule has 1 saturated heterocycles. The highest BCUT2D eigenvalue weighted by Gasteiger charge is 2.38. The van der Waals surface area contributed by atoms with E-state index in [2.05, 4.69) is 10.4 Å². The Morgan fingerprint density at radius 1 is 0.968 bits per heavy atom. The van der Waals surface area contributed by atoms with Crippen molar-refractivity contribution in [1.29, 1.82) is 0 Å². The Hall–Kier alpha value is -3.46. The third kappa shape index (κ3) is 3.61. The standard InChI is InChI=1S/C22H20N4O4S/c27-20-11-15(12-25(20)16-7-3-1-4-8-16)22(28)23-21-18-13-31(29,30)14-19(18)24-26(21)17-9-5-2-6-10-17/h1-10,15H,11-14H2,(H,23,28)/t15-/m0/s1. The van der Waals surface area contributed by atoms with Crippen molar-refractivity contribution in [1.82, 2.24) is 9.78 Å². The maximum atomic E-state index is 13.1. The van der Waals surface area contributed by atoms with Gasteiger partial charge in [0, 0.05) is 24.2 Å². The van der Waals surface area contributed by atoms with E-state index in [4.69, 9.17) is 0 Å². The molecule has 0 saturated carbocycles. The van der Waals surface area contributed by atoms with E-state index in [0.717, 1.165) is 11.4 Å². The van der Waals surface area contributed by atoms with Gasteiger partial charge in [0.05, 0.1) is 28.8 Å². The summed E-state index contributed by atoms with van der Waals surface area (Å²) in [5.74, 6) is -0.927. The number of sulfone groups is 1. The molecule has 3 aromatic rings. The second kappa shape index (κ2) is 7.35. The van der Waals surface area contributed by atoms with E-state index >= 15 is 0 Å². The van der Waals surface area contributed by atoms with Gasteiger partial charge in [0.1, 0.15) is 5.82 Å². The largest absolute Gasteiger partial charge is 0.312 e. The first-order valence-electron chi connectivity index (χ1n) is 9.94. The number of hydrogen-bond donors (Lipinski definition) is 1. The summed E-state index contributed by atoms with van der Waals surface area (Å²) < 4.78 is 25.8. The number of amides is 2. The van der Waals surface area contributed by atoms with Crippen molar-refractivity contribution >= 4 is 33.2 Å². The maximum Gasteiger partial charge on any atom is 0.230 e. The lowest BCUT2D eigenvalue weighted by Crippen LogP contribution is -2.29. The average Bonchev–Trinajstić information content (AvgIpc) is 3.40. The zero-order chi connectivity index (χ0) is 21.6. The summed E-state index contributed by atoms with van der Waals surface area (Å²) in [7, 11) is -3.28. The number of para-hydroxylation sites is 2. The summed E-state index contributed by atoms with van der Waals surface area (Å²) >= 11 is 0. The van der Waals surface area contributed by atoms with Crippen LogP contribution in [-0.2, 0) is 30.9 Å². The van der Waals surface area contributed by atoms with Crippen molar-refractivity contribution in [2.75, 3.05) is 16.8 Å². The van der Waals surface area contributed by atoms with Gasteiger partial charge < -0.3 is 10.2 Å². The fraction of sp³-hybridized carbons (Fsp3) is 0.227. The van der Waals surface area contributed by atoms with Gasteiger partial charge in [-0.3, -0.25) is 9.59 Å². The summed E-state index contributed by atoms with van der Waals surface area (Å²) in [5.41, 5.74) is 2.44. The highest BCUT2D eigenvalue weighted by molar-refractivity contribution is 7.90. The summed E-state index contributed by atoms with van der Waals surface area (Å²) in [6.07, 6.45) is 0.0979. The average molecular weight is 436 g/mol. The third-order valence-electron chi connectivity index (χ3n) is 5.59. The molecule has 3 heterocycles. The molecule has 2 amide bonds. The number of nitrogens with one attached hydrogen (secondary N) is 1. The Morgan fingerprint density at radius 3 is 2.29 bits per heavy atom. The van der Waals surface area contributed by atoms with Gasteiger partial charge >= 0.3 is 0 Å². The number of carbonyl (C=O) groups is 2. The lowest BCUT2D eigenvalue weighted by Gasteiger charge is -2.17. The highest BCUT2D eigenvalue weighted by Crippen LogP contribution is 2.34. The minimum atomic E-state index is -3.28. The molecule has 5 rings (SSSR count). The van der Waals surface area contributed by atoms with Crippen LogP contribution in [0, 0.1) is 5.92 Å². The number of fused-ring (bicyclic) bond motifs is 1. The SMILES string of the molecule is O=C(Nc1c2c(nn1-c1ccccc1)CS(=O)(=O)C2)[C@H]1CC(=O)N(c2ccccc2)C1.